The molecule has 0 saturated carbocycles. The molecule has 2 aromatic rings. The van der Waals surface area contributed by atoms with E-state index >= 15 is 0 Å². The highest BCUT2D eigenvalue weighted by atomic mass is 19.2. The van der Waals surface area contributed by atoms with Crippen molar-refractivity contribution in [2.45, 2.75) is 0 Å². The molecular formula is C13H10F3NO. The van der Waals surface area contributed by atoms with Gasteiger partial charge in [0.05, 0.1) is 11.2 Å². The Balaban J connectivity index is 2.51. The van der Waals surface area contributed by atoms with Crippen LogP contribution < -0.4 is 10.5 Å². The van der Waals surface area contributed by atoms with Crippen molar-refractivity contribution in [3.05, 3.63) is 47.8 Å². The number of nitrogen functional groups attached to an aromatic ring is 1. The quantitative estimate of drug-likeness (QED) is 0.660. The summed E-state index contributed by atoms with van der Waals surface area (Å²) in [5, 5.41) is 0. The predicted molar refractivity (Wildman–Crippen MR) is 62.7 cm³/mol. The number of hydrogen-bond donors (Lipinski definition) is 1. The summed E-state index contributed by atoms with van der Waals surface area (Å²) < 4.78 is 66.3. The Kier molecular flexibility index (Phi) is 2.26. The maximum atomic E-state index is 13.8. The lowest BCUT2D eigenvalue weighted by Crippen LogP contribution is -2.01. The van der Waals surface area contributed by atoms with Crippen LogP contribution in [-0.2, 0) is 0 Å². The minimum Gasteiger partial charge on any atom is -0.497 e. The third-order valence-corrected chi connectivity index (χ3v) is 2.46. The smallest absolute Gasteiger partial charge is 0.185 e. The molecule has 5 heteroatoms. The first-order chi connectivity index (χ1) is 9.69. The largest absolute Gasteiger partial charge is 0.497 e. The molecule has 0 aromatic heterocycles. The molecule has 0 amide bonds. The average Bonchev–Trinajstić information content (AvgIpc) is 2.39. The van der Waals surface area contributed by atoms with Crippen LogP contribution in [0, 0.1) is 17.5 Å². The molecule has 2 nitrogen and oxygen atoms in total. The minimum absolute atomic E-state index is 0.0621. The van der Waals surface area contributed by atoms with Crippen LogP contribution in [0.15, 0.2) is 30.3 Å². The molecule has 0 bridgehead atoms. The Morgan fingerprint density at radius 3 is 2.67 bits per heavy atom. The summed E-state index contributed by atoms with van der Waals surface area (Å²) >= 11 is 0. The van der Waals surface area contributed by atoms with Crippen molar-refractivity contribution in [1.82, 2.24) is 0 Å². The highest BCUT2D eigenvalue weighted by Crippen LogP contribution is 2.31. The van der Waals surface area contributed by atoms with Crippen LogP contribution in [0.1, 0.15) is 4.11 Å². The van der Waals surface area contributed by atoms with E-state index in [1.165, 1.54) is 24.3 Å². The normalized spacial score (nSPS) is 13.6. The van der Waals surface area contributed by atoms with Crippen LogP contribution in [0.3, 0.4) is 0 Å². The molecular weight excluding hydrogens is 243 g/mol. The topological polar surface area (TPSA) is 35.2 Å². The first-order valence-corrected chi connectivity index (χ1v) is 4.91. The Morgan fingerprint density at radius 2 is 1.94 bits per heavy atom. The molecule has 0 unspecified atom stereocenters. The highest BCUT2D eigenvalue weighted by molar-refractivity contribution is 5.68. The van der Waals surface area contributed by atoms with Crippen molar-refractivity contribution in [2.24, 2.45) is 0 Å². The van der Waals surface area contributed by atoms with Crippen LogP contribution in [0.25, 0.3) is 11.1 Å². The summed E-state index contributed by atoms with van der Waals surface area (Å²) in [6.07, 6.45) is 0. The van der Waals surface area contributed by atoms with Crippen molar-refractivity contribution in [1.29, 1.82) is 0 Å². The van der Waals surface area contributed by atoms with E-state index in [9.17, 15) is 13.2 Å². The standard InChI is InChI=1S/C13H10F3NO/c1-18-8-4-2-3-7(5-8)9-6-10(14)13(17)12(16)11(9)15/h2-6H,17H2,1H3/i1D3. The number of benzene rings is 2. The molecule has 2 N–H and O–H groups in total. The molecule has 18 heavy (non-hydrogen) atoms. The van der Waals surface area contributed by atoms with Gasteiger partial charge in [-0.3, -0.25) is 0 Å². The second kappa shape index (κ2) is 4.60. The Morgan fingerprint density at radius 1 is 1.17 bits per heavy atom. The fourth-order valence-electron chi connectivity index (χ4n) is 1.55. The fraction of sp³-hybridized carbons (Fsp3) is 0.0769. The van der Waals surface area contributed by atoms with Gasteiger partial charge in [0.15, 0.2) is 11.6 Å². The fourth-order valence-corrected chi connectivity index (χ4v) is 1.55. The third-order valence-electron chi connectivity index (χ3n) is 2.46. The molecule has 0 atom stereocenters. The summed E-state index contributed by atoms with van der Waals surface area (Å²) in [7, 11) is -2.69. The van der Waals surface area contributed by atoms with Gasteiger partial charge in [-0.1, -0.05) is 12.1 Å². The number of anilines is 1. The van der Waals surface area contributed by atoms with E-state index in [0.29, 0.717) is 0 Å². The van der Waals surface area contributed by atoms with E-state index in [1.54, 1.807) is 0 Å². The lowest BCUT2D eigenvalue weighted by Gasteiger charge is -2.08. The van der Waals surface area contributed by atoms with Gasteiger partial charge in [-0.25, -0.2) is 13.2 Å². The molecule has 2 rings (SSSR count). The summed E-state index contributed by atoms with van der Waals surface area (Å²) in [6.45, 7) is 0. The van der Waals surface area contributed by atoms with Crippen molar-refractivity contribution < 1.29 is 22.0 Å². The van der Waals surface area contributed by atoms with Crippen molar-refractivity contribution >= 4 is 5.69 Å². The maximum absolute atomic E-state index is 13.8. The van der Waals surface area contributed by atoms with Gasteiger partial charge in [-0.15, -0.1) is 0 Å². The molecule has 0 spiro atoms. The summed E-state index contributed by atoms with van der Waals surface area (Å²) in [5.41, 5.74) is 3.83. The van der Waals surface area contributed by atoms with Crippen LogP contribution in [0.2, 0.25) is 0 Å². The van der Waals surface area contributed by atoms with Gasteiger partial charge in [0.1, 0.15) is 17.3 Å². The number of ether oxygens (including phenoxy) is 1. The van der Waals surface area contributed by atoms with Gasteiger partial charge in [-0.2, -0.15) is 0 Å². The zero-order valence-corrected chi connectivity index (χ0v) is 9.01. The number of halogens is 3. The maximum Gasteiger partial charge on any atom is 0.185 e. The lowest BCUT2D eigenvalue weighted by molar-refractivity contribution is 0.415. The summed E-state index contributed by atoms with van der Waals surface area (Å²) in [5.74, 6) is -4.00. The SMILES string of the molecule is [2H]C([2H])([2H])Oc1cccc(-c2cc(F)c(N)c(F)c2F)c1. The molecule has 0 heterocycles. The Labute approximate surface area is 106 Å². The highest BCUT2D eigenvalue weighted by Gasteiger charge is 2.17. The van der Waals surface area contributed by atoms with E-state index < -0.39 is 30.2 Å². The van der Waals surface area contributed by atoms with E-state index in [2.05, 4.69) is 4.74 Å². The van der Waals surface area contributed by atoms with Crippen LogP contribution >= 0.6 is 0 Å². The van der Waals surface area contributed by atoms with Gasteiger partial charge in [0.25, 0.3) is 0 Å². The monoisotopic (exact) mass is 256 g/mol. The van der Waals surface area contributed by atoms with Gasteiger partial charge in [-0.05, 0) is 23.8 Å². The zero-order chi connectivity index (χ0) is 15.8. The molecule has 2 aromatic carbocycles. The van der Waals surface area contributed by atoms with E-state index in [1.807, 2.05) is 0 Å². The first kappa shape index (κ1) is 8.85. The Bertz CT molecular complexity index is 689. The lowest BCUT2D eigenvalue weighted by atomic mass is 10.0. The van der Waals surface area contributed by atoms with E-state index in [0.717, 1.165) is 6.07 Å². The van der Waals surface area contributed by atoms with E-state index in [-0.39, 0.29) is 16.9 Å². The molecule has 0 radical (unpaired) electrons. The zero-order valence-electron chi connectivity index (χ0n) is 12.0. The Hall–Kier alpha value is -2.17. The number of rotatable bonds is 2. The molecule has 0 aliphatic carbocycles. The van der Waals surface area contributed by atoms with E-state index in [4.69, 9.17) is 9.85 Å². The molecule has 0 saturated heterocycles. The predicted octanol–water partition coefficient (Wildman–Crippen LogP) is 3.36. The second-order valence-electron chi connectivity index (χ2n) is 3.58. The average molecular weight is 256 g/mol. The summed E-state index contributed by atoms with van der Waals surface area (Å²) in [4.78, 5) is 0. The van der Waals surface area contributed by atoms with Crippen LogP contribution in [0.4, 0.5) is 18.9 Å². The van der Waals surface area contributed by atoms with Gasteiger partial charge in [0.2, 0.25) is 0 Å². The molecule has 0 fully saturated rings. The third kappa shape index (κ3) is 1.99. The number of nitrogens with two attached hydrogens (primary N) is 1. The van der Waals surface area contributed by atoms with Crippen molar-refractivity contribution in [2.75, 3.05) is 12.8 Å². The minimum atomic E-state index is -2.69. The number of methoxy groups -OCH3 is 1. The molecule has 0 aliphatic heterocycles. The number of hydrogen-bond acceptors (Lipinski definition) is 2. The second-order valence-corrected chi connectivity index (χ2v) is 3.58. The van der Waals surface area contributed by atoms with Gasteiger partial charge < -0.3 is 10.5 Å². The van der Waals surface area contributed by atoms with Crippen LogP contribution in [0.5, 0.6) is 5.75 Å². The van der Waals surface area contributed by atoms with Crippen LogP contribution in [-0.4, -0.2) is 7.04 Å². The summed E-state index contributed by atoms with van der Waals surface area (Å²) in [6, 6.07) is 5.97. The van der Waals surface area contributed by atoms with Crippen molar-refractivity contribution in [3.8, 4) is 16.9 Å². The van der Waals surface area contributed by atoms with Gasteiger partial charge >= 0.3 is 0 Å². The van der Waals surface area contributed by atoms with Crippen molar-refractivity contribution in [3.63, 3.8) is 0 Å². The molecule has 94 valence electrons. The molecule has 0 aliphatic rings. The van der Waals surface area contributed by atoms with Gasteiger partial charge in [0, 0.05) is 5.56 Å². The first-order valence-electron chi connectivity index (χ1n) is 6.41.